The van der Waals surface area contributed by atoms with E-state index in [2.05, 4.69) is 15.5 Å². The maximum absolute atomic E-state index is 12.3. The zero-order valence-electron chi connectivity index (χ0n) is 11.8. The predicted molar refractivity (Wildman–Crippen MR) is 81.0 cm³/mol. The van der Waals surface area contributed by atoms with Gasteiger partial charge in [-0.3, -0.25) is 9.89 Å². The van der Waals surface area contributed by atoms with Gasteiger partial charge in [-0.1, -0.05) is 6.07 Å². The van der Waals surface area contributed by atoms with Gasteiger partial charge in [-0.25, -0.2) is 0 Å². The van der Waals surface area contributed by atoms with Crippen molar-refractivity contribution in [1.29, 1.82) is 0 Å². The number of amides is 1. The van der Waals surface area contributed by atoms with Gasteiger partial charge in [0.15, 0.2) is 0 Å². The van der Waals surface area contributed by atoms with Crippen molar-refractivity contribution in [2.24, 2.45) is 0 Å². The summed E-state index contributed by atoms with van der Waals surface area (Å²) in [4.78, 5) is 15.1. The maximum atomic E-state index is 12.3. The number of nitrogens with one attached hydrogen (secondary N) is 2. The molecule has 0 bridgehead atoms. The fraction of sp³-hybridized carbons (Fsp3) is 0.429. The first-order valence-electron chi connectivity index (χ1n) is 6.89. The Balaban J connectivity index is 1.62. The molecule has 0 radical (unpaired) electrons. The Morgan fingerprint density at radius 2 is 2.52 bits per heavy atom. The minimum atomic E-state index is -0.386. The van der Waals surface area contributed by atoms with Crippen molar-refractivity contribution in [2.45, 2.75) is 12.6 Å². The molecule has 112 valence electrons. The molecule has 0 aliphatic carbocycles. The summed E-state index contributed by atoms with van der Waals surface area (Å²) >= 11 is 1.65. The van der Waals surface area contributed by atoms with Crippen molar-refractivity contribution in [1.82, 2.24) is 20.4 Å². The second-order valence-corrected chi connectivity index (χ2v) is 5.96. The van der Waals surface area contributed by atoms with E-state index in [4.69, 9.17) is 4.74 Å². The van der Waals surface area contributed by atoms with Crippen LogP contribution in [0.1, 0.15) is 5.69 Å². The van der Waals surface area contributed by atoms with Gasteiger partial charge in [0.1, 0.15) is 11.8 Å². The van der Waals surface area contributed by atoms with Crippen LogP contribution in [-0.4, -0.2) is 53.9 Å². The maximum Gasteiger partial charge on any atom is 0.253 e. The van der Waals surface area contributed by atoms with Crippen molar-refractivity contribution in [2.75, 3.05) is 26.7 Å². The predicted octanol–water partition coefficient (Wildman–Crippen LogP) is 1.08. The molecule has 3 rings (SSSR count). The molecule has 1 aliphatic heterocycles. The number of rotatable bonds is 4. The van der Waals surface area contributed by atoms with Gasteiger partial charge in [0, 0.05) is 20.1 Å². The second kappa shape index (κ2) is 6.38. The van der Waals surface area contributed by atoms with Gasteiger partial charge in [-0.15, -0.1) is 11.3 Å². The van der Waals surface area contributed by atoms with Crippen molar-refractivity contribution < 1.29 is 9.53 Å². The summed E-state index contributed by atoms with van der Waals surface area (Å²) in [5.41, 5.74) is 1.83. The normalized spacial score (nSPS) is 18.6. The highest BCUT2D eigenvalue weighted by molar-refractivity contribution is 7.13. The number of hydrogen-bond acceptors (Lipinski definition) is 5. The van der Waals surface area contributed by atoms with Crippen molar-refractivity contribution in [3.05, 3.63) is 29.3 Å². The first kappa shape index (κ1) is 14.2. The lowest BCUT2D eigenvalue weighted by Crippen LogP contribution is -2.48. The van der Waals surface area contributed by atoms with Gasteiger partial charge in [0.25, 0.3) is 5.91 Å². The summed E-state index contributed by atoms with van der Waals surface area (Å²) < 4.78 is 5.48. The number of likely N-dealkylation sites (N-methyl/N-ethyl adjacent to an activating group) is 1. The SMILES string of the molecule is CN(Cc1cc(-c2cccs2)n[nH]1)C(=O)C1CNCCO1. The molecule has 6 nitrogen and oxygen atoms in total. The average Bonchev–Trinajstić information content (AvgIpc) is 3.18. The number of nitrogens with zero attached hydrogens (tertiary/aromatic N) is 2. The van der Waals surface area contributed by atoms with Crippen molar-refractivity contribution in [3.63, 3.8) is 0 Å². The standard InChI is InChI=1S/C14H18N4O2S/c1-18(14(19)12-8-15-4-5-20-12)9-10-7-11(17-16-10)13-3-2-6-21-13/h2-3,6-7,12,15H,4-5,8-9H2,1H3,(H,16,17). The monoisotopic (exact) mass is 306 g/mol. The number of carbonyl (C=O) groups is 1. The molecule has 1 atom stereocenters. The summed E-state index contributed by atoms with van der Waals surface area (Å²) in [5.74, 6) is -0.00512. The zero-order valence-corrected chi connectivity index (χ0v) is 12.7. The lowest BCUT2D eigenvalue weighted by atomic mass is 10.2. The van der Waals surface area contributed by atoms with E-state index >= 15 is 0 Å². The third-order valence-corrected chi connectivity index (χ3v) is 4.28. The molecule has 3 heterocycles. The van der Waals surface area contributed by atoms with Gasteiger partial charge in [-0.05, 0) is 17.5 Å². The van der Waals surface area contributed by atoms with Gasteiger partial charge < -0.3 is 15.0 Å². The number of carbonyl (C=O) groups excluding carboxylic acids is 1. The highest BCUT2D eigenvalue weighted by Crippen LogP contribution is 2.23. The summed E-state index contributed by atoms with van der Waals surface area (Å²) in [6.07, 6.45) is -0.386. The molecule has 0 saturated carbocycles. The molecule has 1 aliphatic rings. The van der Waals surface area contributed by atoms with Gasteiger partial charge in [0.05, 0.1) is 23.7 Å². The molecule has 0 aromatic carbocycles. The van der Waals surface area contributed by atoms with Crippen molar-refractivity contribution >= 4 is 17.2 Å². The zero-order chi connectivity index (χ0) is 14.7. The van der Waals surface area contributed by atoms with E-state index in [1.54, 1.807) is 23.3 Å². The molecule has 2 aromatic heterocycles. The fourth-order valence-electron chi connectivity index (χ4n) is 2.30. The molecule has 0 spiro atoms. The van der Waals surface area contributed by atoms with Crippen LogP contribution >= 0.6 is 11.3 Å². The van der Waals surface area contributed by atoms with Crippen LogP contribution in [0.5, 0.6) is 0 Å². The highest BCUT2D eigenvalue weighted by atomic mass is 32.1. The molecular formula is C14H18N4O2S. The minimum Gasteiger partial charge on any atom is -0.366 e. The van der Waals surface area contributed by atoms with E-state index in [0.717, 1.165) is 22.8 Å². The third-order valence-electron chi connectivity index (χ3n) is 3.39. The Labute approximate surface area is 127 Å². The summed E-state index contributed by atoms with van der Waals surface area (Å²) in [5, 5.41) is 12.5. The average molecular weight is 306 g/mol. The Hall–Kier alpha value is -1.70. The van der Waals surface area contributed by atoms with Crippen LogP contribution in [0.15, 0.2) is 23.6 Å². The Kier molecular flexibility index (Phi) is 4.33. The smallest absolute Gasteiger partial charge is 0.253 e. The molecule has 21 heavy (non-hydrogen) atoms. The van der Waals surface area contributed by atoms with E-state index < -0.39 is 0 Å². The minimum absolute atomic E-state index is 0.00512. The van der Waals surface area contributed by atoms with Crippen LogP contribution in [0.4, 0.5) is 0 Å². The highest BCUT2D eigenvalue weighted by Gasteiger charge is 2.25. The molecule has 1 fully saturated rings. The van der Waals surface area contributed by atoms with Crippen LogP contribution in [0, 0.1) is 0 Å². The summed E-state index contributed by atoms with van der Waals surface area (Å²) in [6, 6.07) is 6.01. The van der Waals surface area contributed by atoms with Crippen LogP contribution in [0.2, 0.25) is 0 Å². The first-order valence-corrected chi connectivity index (χ1v) is 7.77. The molecule has 2 aromatic rings. The van der Waals surface area contributed by atoms with E-state index in [-0.39, 0.29) is 12.0 Å². The molecule has 2 N–H and O–H groups in total. The van der Waals surface area contributed by atoms with Crippen LogP contribution in [0.3, 0.4) is 0 Å². The topological polar surface area (TPSA) is 70.2 Å². The largest absolute Gasteiger partial charge is 0.366 e. The number of morpholine rings is 1. The second-order valence-electron chi connectivity index (χ2n) is 5.01. The van der Waals surface area contributed by atoms with Crippen LogP contribution < -0.4 is 5.32 Å². The first-order chi connectivity index (χ1) is 10.2. The van der Waals surface area contributed by atoms with Gasteiger partial charge in [-0.2, -0.15) is 5.10 Å². The Bertz CT molecular complexity index is 590. The molecular weight excluding hydrogens is 288 g/mol. The third kappa shape index (κ3) is 3.31. The quantitative estimate of drug-likeness (QED) is 0.887. The number of hydrogen-bond donors (Lipinski definition) is 2. The van der Waals surface area contributed by atoms with E-state index in [9.17, 15) is 4.79 Å². The Morgan fingerprint density at radius 3 is 3.24 bits per heavy atom. The fourth-order valence-corrected chi connectivity index (χ4v) is 2.98. The number of ether oxygens (including phenoxy) is 1. The van der Waals surface area contributed by atoms with Crippen LogP contribution in [-0.2, 0) is 16.1 Å². The van der Waals surface area contributed by atoms with E-state index in [1.165, 1.54) is 0 Å². The molecule has 1 saturated heterocycles. The summed E-state index contributed by atoms with van der Waals surface area (Å²) in [7, 11) is 1.78. The molecule has 1 amide bonds. The summed E-state index contributed by atoms with van der Waals surface area (Å²) in [6.45, 7) is 2.46. The Morgan fingerprint density at radius 1 is 1.62 bits per heavy atom. The number of aromatic nitrogens is 2. The lowest BCUT2D eigenvalue weighted by Gasteiger charge is -2.26. The number of thiophene rings is 1. The lowest BCUT2D eigenvalue weighted by molar-refractivity contribution is -0.144. The van der Waals surface area contributed by atoms with Gasteiger partial charge >= 0.3 is 0 Å². The number of H-pyrrole nitrogens is 1. The van der Waals surface area contributed by atoms with Gasteiger partial charge in [0.2, 0.25) is 0 Å². The van der Waals surface area contributed by atoms with E-state index in [0.29, 0.717) is 19.7 Å². The van der Waals surface area contributed by atoms with E-state index in [1.807, 2.05) is 23.6 Å². The van der Waals surface area contributed by atoms with Crippen LogP contribution in [0.25, 0.3) is 10.6 Å². The molecule has 7 heteroatoms. The number of aromatic amines is 1. The van der Waals surface area contributed by atoms with Crippen molar-refractivity contribution in [3.8, 4) is 10.6 Å². The molecule has 1 unspecified atom stereocenters.